The number of nitrogens with one attached hydrogen (secondary N) is 2. The Balaban J connectivity index is 0.00000353. The molecule has 9 N–H and O–H groups in total. The van der Waals surface area contributed by atoms with Crippen molar-refractivity contribution in [1.29, 1.82) is 0 Å². The Labute approximate surface area is 283 Å². The van der Waals surface area contributed by atoms with Gasteiger partial charge in [-0.05, 0) is 41.7 Å². The second-order valence-corrected chi connectivity index (χ2v) is 10.9. The van der Waals surface area contributed by atoms with Crippen molar-refractivity contribution < 1.29 is 24.3 Å². The van der Waals surface area contributed by atoms with Gasteiger partial charge in [0.25, 0.3) is 0 Å². The molecule has 1 aliphatic rings. The standard InChI is InChI=1S/C32H38N6O5.2BrH/c33-23-18-28(38(19-23)32(43)25(34)15-22-11-13-24(39)14-12-22)31(42)37-27(17-21-9-5-2-6-10-21)30(41)36-26(29(35)40)16-20-7-3-1-4-8-20;;/h1-14,23,25-28,39H,15-19,33-34H2,(H2,35,40)(H,36,41)(H,37,42);2*1H/t23-,25-,26+,27+,28-;;/m0../s1. The summed E-state index contributed by atoms with van der Waals surface area (Å²) in [5.74, 6) is -2.18. The predicted octanol–water partition coefficient (Wildman–Crippen LogP) is 1.29. The molecule has 242 valence electrons. The third kappa shape index (κ3) is 10.7. The number of primary amides is 1. The van der Waals surface area contributed by atoms with Crippen LogP contribution in [0.5, 0.6) is 5.75 Å². The number of rotatable bonds is 12. The van der Waals surface area contributed by atoms with Gasteiger partial charge in [-0.25, -0.2) is 0 Å². The summed E-state index contributed by atoms with van der Waals surface area (Å²) < 4.78 is 0. The number of benzene rings is 3. The molecule has 0 unspecified atom stereocenters. The summed E-state index contributed by atoms with van der Waals surface area (Å²) >= 11 is 0. The van der Waals surface area contributed by atoms with Crippen LogP contribution in [0.3, 0.4) is 0 Å². The molecule has 13 heteroatoms. The molecule has 0 bridgehead atoms. The fourth-order valence-corrected chi connectivity index (χ4v) is 5.22. The molecule has 0 spiro atoms. The Hall–Kier alpha value is -3.78. The maximum absolute atomic E-state index is 13.6. The van der Waals surface area contributed by atoms with Crippen LogP contribution >= 0.6 is 34.0 Å². The first kappa shape index (κ1) is 37.4. The van der Waals surface area contributed by atoms with Gasteiger partial charge in [-0.1, -0.05) is 72.8 Å². The van der Waals surface area contributed by atoms with Crippen LogP contribution in [0.1, 0.15) is 23.1 Å². The number of likely N-dealkylation sites (tertiary alicyclic amines) is 1. The van der Waals surface area contributed by atoms with Gasteiger partial charge in [-0.15, -0.1) is 34.0 Å². The first-order valence-corrected chi connectivity index (χ1v) is 14.2. The lowest BCUT2D eigenvalue weighted by atomic mass is 10.0. The number of halogens is 2. The Morgan fingerprint density at radius 2 is 1.29 bits per heavy atom. The number of phenols is 1. The van der Waals surface area contributed by atoms with Gasteiger partial charge >= 0.3 is 0 Å². The van der Waals surface area contributed by atoms with Gasteiger partial charge in [-0.3, -0.25) is 19.2 Å². The number of carbonyl (C=O) groups excluding carboxylic acids is 4. The van der Waals surface area contributed by atoms with Crippen molar-refractivity contribution in [3.8, 4) is 5.75 Å². The number of nitrogens with zero attached hydrogens (tertiary/aromatic N) is 1. The van der Waals surface area contributed by atoms with Crippen LogP contribution in [0.4, 0.5) is 0 Å². The second kappa shape index (κ2) is 17.6. The lowest BCUT2D eigenvalue weighted by Gasteiger charge is -2.29. The number of hydrogen-bond acceptors (Lipinski definition) is 7. The molecule has 45 heavy (non-hydrogen) atoms. The summed E-state index contributed by atoms with van der Waals surface area (Å²) in [7, 11) is 0. The van der Waals surface area contributed by atoms with Crippen LogP contribution in [-0.2, 0) is 38.4 Å². The minimum Gasteiger partial charge on any atom is -0.508 e. The van der Waals surface area contributed by atoms with E-state index >= 15 is 0 Å². The van der Waals surface area contributed by atoms with E-state index < -0.39 is 53.8 Å². The first-order valence-electron chi connectivity index (χ1n) is 14.2. The SMILES string of the molecule is Br.Br.NC(=O)[C@@H](Cc1ccccc1)NC(=O)[C@@H](Cc1ccccc1)NC(=O)[C@@H]1C[C@H](N)CN1C(=O)[C@@H](N)Cc1ccc(O)cc1. The molecule has 0 aromatic heterocycles. The molecule has 0 radical (unpaired) electrons. The molecule has 3 aromatic rings. The molecule has 3 aromatic carbocycles. The van der Waals surface area contributed by atoms with Crippen LogP contribution in [0.25, 0.3) is 0 Å². The van der Waals surface area contributed by atoms with E-state index in [1.165, 1.54) is 17.0 Å². The van der Waals surface area contributed by atoms with Crippen molar-refractivity contribution in [2.24, 2.45) is 17.2 Å². The van der Waals surface area contributed by atoms with Crippen LogP contribution in [-0.4, -0.2) is 70.4 Å². The summed E-state index contributed by atoms with van der Waals surface area (Å²) in [5.41, 5.74) is 20.4. The number of phenolic OH excluding ortho intramolecular Hbond substituents is 1. The fourth-order valence-electron chi connectivity index (χ4n) is 5.22. The highest BCUT2D eigenvalue weighted by Crippen LogP contribution is 2.20. The molecule has 1 heterocycles. The van der Waals surface area contributed by atoms with E-state index in [1.807, 2.05) is 60.7 Å². The third-order valence-corrected chi connectivity index (χ3v) is 7.49. The van der Waals surface area contributed by atoms with E-state index in [2.05, 4.69) is 10.6 Å². The topological polar surface area (TPSA) is 194 Å². The van der Waals surface area contributed by atoms with Crippen molar-refractivity contribution >= 4 is 57.6 Å². The van der Waals surface area contributed by atoms with Crippen LogP contribution in [0, 0.1) is 0 Å². The molecule has 0 aliphatic carbocycles. The van der Waals surface area contributed by atoms with E-state index in [0.717, 1.165) is 16.7 Å². The minimum absolute atomic E-state index is 0. The van der Waals surface area contributed by atoms with Gasteiger partial charge in [-0.2, -0.15) is 0 Å². The molecular weight excluding hydrogens is 708 g/mol. The molecule has 4 amide bonds. The second-order valence-electron chi connectivity index (χ2n) is 10.9. The largest absolute Gasteiger partial charge is 0.508 e. The van der Waals surface area contributed by atoms with E-state index in [4.69, 9.17) is 17.2 Å². The zero-order valence-corrected chi connectivity index (χ0v) is 28.0. The number of nitrogens with two attached hydrogens (primary N) is 3. The molecular formula is C32H40Br2N6O5. The normalized spacial score (nSPS) is 17.5. The Bertz CT molecular complexity index is 1410. The van der Waals surface area contributed by atoms with Crippen molar-refractivity contribution in [3.63, 3.8) is 0 Å². The first-order chi connectivity index (χ1) is 20.6. The lowest BCUT2D eigenvalue weighted by molar-refractivity contribution is -0.140. The average Bonchev–Trinajstić information content (AvgIpc) is 3.39. The van der Waals surface area contributed by atoms with Gasteiger partial charge in [0.05, 0.1) is 6.04 Å². The smallest absolute Gasteiger partial charge is 0.243 e. The summed E-state index contributed by atoms with van der Waals surface area (Å²) in [6.07, 6.45) is 0.726. The van der Waals surface area contributed by atoms with Crippen LogP contribution in [0.15, 0.2) is 84.9 Å². The summed E-state index contributed by atoms with van der Waals surface area (Å²) in [4.78, 5) is 54.2. The molecule has 5 atom stereocenters. The highest BCUT2D eigenvalue weighted by Gasteiger charge is 2.41. The van der Waals surface area contributed by atoms with Crippen molar-refractivity contribution in [2.75, 3.05) is 6.54 Å². The van der Waals surface area contributed by atoms with E-state index in [0.29, 0.717) is 0 Å². The molecule has 1 fully saturated rings. The summed E-state index contributed by atoms with van der Waals surface area (Å²) in [6, 6.07) is 20.2. The molecule has 4 rings (SSSR count). The number of hydrogen-bond donors (Lipinski definition) is 6. The fraction of sp³-hybridized carbons (Fsp3) is 0.312. The molecule has 1 saturated heterocycles. The van der Waals surface area contributed by atoms with Crippen molar-refractivity contribution in [2.45, 2.75) is 55.9 Å². The van der Waals surface area contributed by atoms with Gasteiger partial charge < -0.3 is 37.8 Å². The number of aromatic hydroxyl groups is 1. The van der Waals surface area contributed by atoms with E-state index in [-0.39, 0.29) is 71.9 Å². The highest BCUT2D eigenvalue weighted by atomic mass is 79.9. The lowest BCUT2D eigenvalue weighted by Crippen LogP contribution is -2.58. The zero-order chi connectivity index (χ0) is 30.9. The van der Waals surface area contributed by atoms with Gasteiger partial charge in [0.15, 0.2) is 0 Å². The Kier molecular flexibility index (Phi) is 14.7. The van der Waals surface area contributed by atoms with Gasteiger partial charge in [0.2, 0.25) is 23.6 Å². The Morgan fingerprint density at radius 1 is 0.778 bits per heavy atom. The maximum Gasteiger partial charge on any atom is 0.243 e. The highest BCUT2D eigenvalue weighted by molar-refractivity contribution is 8.93. The molecule has 1 aliphatic heterocycles. The average molecular weight is 749 g/mol. The molecule has 11 nitrogen and oxygen atoms in total. The molecule has 0 saturated carbocycles. The minimum atomic E-state index is -1.06. The van der Waals surface area contributed by atoms with E-state index in [9.17, 15) is 24.3 Å². The number of amides is 4. The quantitative estimate of drug-likeness (QED) is 0.161. The summed E-state index contributed by atoms with van der Waals surface area (Å²) in [6.45, 7) is 0.135. The summed E-state index contributed by atoms with van der Waals surface area (Å²) in [5, 5.41) is 15.0. The van der Waals surface area contributed by atoms with Gasteiger partial charge in [0.1, 0.15) is 23.9 Å². The zero-order valence-electron chi connectivity index (χ0n) is 24.6. The predicted molar refractivity (Wildman–Crippen MR) is 182 cm³/mol. The number of carbonyl (C=O) groups is 4. The van der Waals surface area contributed by atoms with Crippen LogP contribution < -0.4 is 27.8 Å². The Morgan fingerprint density at radius 3 is 1.82 bits per heavy atom. The monoisotopic (exact) mass is 746 g/mol. The third-order valence-electron chi connectivity index (χ3n) is 7.49. The van der Waals surface area contributed by atoms with Crippen molar-refractivity contribution in [3.05, 3.63) is 102 Å². The van der Waals surface area contributed by atoms with Gasteiger partial charge in [0, 0.05) is 25.4 Å². The van der Waals surface area contributed by atoms with Crippen molar-refractivity contribution in [1.82, 2.24) is 15.5 Å². The van der Waals surface area contributed by atoms with Crippen LogP contribution in [0.2, 0.25) is 0 Å². The maximum atomic E-state index is 13.6. The van der Waals surface area contributed by atoms with E-state index in [1.54, 1.807) is 12.1 Å².